The van der Waals surface area contributed by atoms with E-state index >= 15 is 0 Å². The second kappa shape index (κ2) is 9.65. The Morgan fingerprint density at radius 3 is 2.69 bits per heavy atom. The summed E-state index contributed by atoms with van der Waals surface area (Å²) in [6, 6.07) is 6.13. The molecule has 1 aromatic carbocycles. The molecule has 0 spiro atoms. The highest BCUT2D eigenvalue weighted by molar-refractivity contribution is 5.96. The molecule has 0 radical (unpaired) electrons. The fourth-order valence-electron chi connectivity index (χ4n) is 3.58. The summed E-state index contributed by atoms with van der Waals surface area (Å²) < 4.78 is 18.8. The van der Waals surface area contributed by atoms with Crippen molar-refractivity contribution in [3.8, 4) is 0 Å². The van der Waals surface area contributed by atoms with Crippen molar-refractivity contribution >= 4 is 17.5 Å². The average Bonchev–Trinajstić information content (AvgIpc) is 3.09. The van der Waals surface area contributed by atoms with Crippen molar-refractivity contribution in [2.75, 3.05) is 31.5 Å². The number of likely N-dealkylation sites (tertiary alicyclic amines) is 1. The van der Waals surface area contributed by atoms with Crippen LogP contribution in [0.15, 0.2) is 28.8 Å². The van der Waals surface area contributed by atoms with Crippen LogP contribution in [0.2, 0.25) is 0 Å². The van der Waals surface area contributed by atoms with Crippen LogP contribution in [0.3, 0.4) is 0 Å². The van der Waals surface area contributed by atoms with E-state index in [2.05, 4.69) is 15.8 Å². The summed E-state index contributed by atoms with van der Waals surface area (Å²) in [6.07, 6.45) is 2.42. The second-order valence-electron chi connectivity index (χ2n) is 7.37. The summed E-state index contributed by atoms with van der Waals surface area (Å²) in [5, 5.41) is 9.52. The molecule has 0 unspecified atom stereocenters. The molecule has 1 aliphatic rings. The summed E-state index contributed by atoms with van der Waals surface area (Å²) in [5.74, 6) is 0.0823. The van der Waals surface area contributed by atoms with Gasteiger partial charge in [-0.25, -0.2) is 4.39 Å². The molecule has 0 atom stereocenters. The van der Waals surface area contributed by atoms with Gasteiger partial charge in [0.25, 0.3) is 5.91 Å². The molecule has 7 nitrogen and oxygen atoms in total. The average molecular weight is 402 g/mol. The van der Waals surface area contributed by atoms with Crippen molar-refractivity contribution in [1.82, 2.24) is 15.4 Å². The van der Waals surface area contributed by atoms with Gasteiger partial charge in [-0.15, -0.1) is 0 Å². The molecule has 2 aromatic rings. The number of nitrogens with zero attached hydrogens (tertiary/aromatic N) is 2. The second-order valence-corrected chi connectivity index (χ2v) is 7.37. The number of rotatable bonds is 7. The quantitative estimate of drug-likeness (QED) is 0.744. The molecular formula is C21H27FN4O3. The van der Waals surface area contributed by atoms with Crippen molar-refractivity contribution in [1.29, 1.82) is 0 Å². The lowest BCUT2D eigenvalue weighted by atomic mass is 9.96. The topological polar surface area (TPSA) is 87.5 Å². The highest BCUT2D eigenvalue weighted by atomic mass is 19.1. The van der Waals surface area contributed by atoms with Gasteiger partial charge < -0.3 is 15.2 Å². The number of piperidine rings is 1. The van der Waals surface area contributed by atoms with E-state index in [9.17, 15) is 14.0 Å². The van der Waals surface area contributed by atoms with Crippen molar-refractivity contribution in [2.24, 2.45) is 5.92 Å². The van der Waals surface area contributed by atoms with Crippen LogP contribution < -0.4 is 10.6 Å². The molecule has 0 aliphatic carbocycles. The van der Waals surface area contributed by atoms with E-state index in [-0.39, 0.29) is 24.0 Å². The maximum atomic E-state index is 13.6. The number of amides is 2. The molecular weight excluding hydrogens is 375 g/mol. The fourth-order valence-corrected chi connectivity index (χ4v) is 3.58. The number of hydrogen-bond acceptors (Lipinski definition) is 5. The highest BCUT2D eigenvalue weighted by Gasteiger charge is 2.23. The van der Waals surface area contributed by atoms with Gasteiger partial charge >= 0.3 is 0 Å². The molecule has 156 valence electrons. The number of hydrogen-bond donors (Lipinski definition) is 2. The minimum Gasteiger partial charge on any atom is -0.361 e. The molecule has 3 rings (SSSR count). The number of halogens is 1. The van der Waals surface area contributed by atoms with Crippen molar-refractivity contribution in [3.05, 3.63) is 47.1 Å². The summed E-state index contributed by atoms with van der Waals surface area (Å²) in [4.78, 5) is 26.7. The molecule has 29 heavy (non-hydrogen) atoms. The van der Waals surface area contributed by atoms with Gasteiger partial charge in [0.2, 0.25) is 5.91 Å². The Morgan fingerprint density at radius 1 is 1.28 bits per heavy atom. The molecule has 2 amide bonds. The largest absolute Gasteiger partial charge is 0.361 e. The zero-order valence-corrected chi connectivity index (χ0v) is 16.8. The number of anilines is 1. The molecule has 1 aliphatic heterocycles. The number of carbonyl (C=O) groups excluding carboxylic acids is 2. The first kappa shape index (κ1) is 21.0. The molecule has 8 heteroatoms. The van der Waals surface area contributed by atoms with Crippen molar-refractivity contribution in [3.63, 3.8) is 0 Å². The first-order chi connectivity index (χ1) is 14.0. The summed E-state index contributed by atoms with van der Waals surface area (Å²) in [6.45, 7) is 6.02. The lowest BCUT2D eigenvalue weighted by Gasteiger charge is -2.31. The number of benzene rings is 1. The van der Waals surface area contributed by atoms with E-state index in [1.165, 1.54) is 6.07 Å². The predicted molar refractivity (Wildman–Crippen MR) is 107 cm³/mol. The van der Waals surface area contributed by atoms with Crippen molar-refractivity contribution < 1.29 is 18.5 Å². The molecule has 1 fully saturated rings. The highest BCUT2D eigenvalue weighted by Crippen LogP contribution is 2.18. The van der Waals surface area contributed by atoms with Gasteiger partial charge in [-0.05, 0) is 57.3 Å². The van der Waals surface area contributed by atoms with E-state index < -0.39 is 5.82 Å². The Bertz CT molecular complexity index is 859. The normalized spacial score (nSPS) is 15.3. The van der Waals surface area contributed by atoms with Gasteiger partial charge in [0.05, 0.1) is 17.9 Å². The Morgan fingerprint density at radius 2 is 2.00 bits per heavy atom. The fraction of sp³-hybridized carbons (Fsp3) is 0.476. The van der Waals surface area contributed by atoms with Crippen LogP contribution in [0.5, 0.6) is 0 Å². The maximum Gasteiger partial charge on any atom is 0.256 e. The van der Waals surface area contributed by atoms with E-state index in [1.54, 1.807) is 25.1 Å². The molecule has 0 bridgehead atoms. The first-order valence-corrected chi connectivity index (χ1v) is 9.98. The van der Waals surface area contributed by atoms with Gasteiger partial charge in [-0.1, -0.05) is 24.2 Å². The monoisotopic (exact) mass is 402 g/mol. The van der Waals surface area contributed by atoms with Gasteiger partial charge in [0.1, 0.15) is 17.1 Å². The lowest BCUT2D eigenvalue weighted by Crippen LogP contribution is -2.42. The third-order valence-electron chi connectivity index (χ3n) is 5.27. The summed E-state index contributed by atoms with van der Waals surface area (Å²) in [7, 11) is 0. The number of para-hydroxylation sites is 1. The Hall–Kier alpha value is -2.74. The van der Waals surface area contributed by atoms with E-state index in [4.69, 9.17) is 4.52 Å². The number of aromatic nitrogens is 1. The van der Waals surface area contributed by atoms with E-state index in [1.807, 2.05) is 11.8 Å². The molecule has 2 heterocycles. The summed E-state index contributed by atoms with van der Waals surface area (Å²) >= 11 is 0. The van der Waals surface area contributed by atoms with Gasteiger partial charge in [0.15, 0.2) is 0 Å². The molecule has 0 saturated carbocycles. The molecule has 1 saturated heterocycles. The minimum absolute atomic E-state index is 0.146. The van der Waals surface area contributed by atoms with Crippen LogP contribution in [-0.4, -0.2) is 48.0 Å². The van der Waals surface area contributed by atoms with E-state index in [0.29, 0.717) is 35.9 Å². The van der Waals surface area contributed by atoms with Gasteiger partial charge in [-0.3, -0.25) is 14.5 Å². The standard InChI is InChI=1S/C21H27FN4O3/c1-3-17-20(14(2)29-25-17)21(28)23-12-15-8-10-26(11-9-15)13-19(27)24-18-7-5-4-6-16(18)22/h4-7,15H,3,8-13H2,1-2H3,(H,23,28)(H,24,27). The van der Waals surface area contributed by atoms with E-state index in [0.717, 1.165) is 25.9 Å². The minimum atomic E-state index is -0.440. The van der Waals surface area contributed by atoms with Crippen LogP contribution in [0.4, 0.5) is 10.1 Å². The Kier molecular flexibility index (Phi) is 6.98. The molecule has 1 aromatic heterocycles. The van der Waals surface area contributed by atoms with Crippen LogP contribution in [-0.2, 0) is 11.2 Å². The summed E-state index contributed by atoms with van der Waals surface area (Å²) in [5.41, 5.74) is 1.41. The molecule has 2 N–H and O–H groups in total. The lowest BCUT2D eigenvalue weighted by molar-refractivity contribution is -0.117. The zero-order valence-electron chi connectivity index (χ0n) is 16.8. The Balaban J connectivity index is 1.41. The maximum absolute atomic E-state index is 13.6. The van der Waals surface area contributed by atoms with Crippen LogP contribution in [0, 0.1) is 18.7 Å². The third kappa shape index (κ3) is 5.41. The first-order valence-electron chi connectivity index (χ1n) is 9.98. The van der Waals surface area contributed by atoms with Gasteiger partial charge in [0, 0.05) is 6.54 Å². The number of nitrogens with one attached hydrogen (secondary N) is 2. The van der Waals surface area contributed by atoms with Gasteiger partial charge in [-0.2, -0.15) is 0 Å². The smallest absolute Gasteiger partial charge is 0.256 e. The van der Waals surface area contributed by atoms with Crippen LogP contribution >= 0.6 is 0 Å². The van der Waals surface area contributed by atoms with Crippen molar-refractivity contribution in [2.45, 2.75) is 33.1 Å². The number of carbonyl (C=O) groups is 2. The predicted octanol–water partition coefficient (Wildman–Crippen LogP) is 2.77. The van der Waals surface area contributed by atoms with Crippen LogP contribution in [0.1, 0.15) is 41.6 Å². The zero-order chi connectivity index (χ0) is 20.8. The van der Waals surface area contributed by atoms with Crippen LogP contribution in [0.25, 0.3) is 0 Å². The number of aryl methyl sites for hydroxylation is 2. The Labute approximate surface area is 169 Å². The third-order valence-corrected chi connectivity index (χ3v) is 5.27. The SMILES string of the molecule is CCc1noc(C)c1C(=O)NCC1CCN(CC(=O)Nc2ccccc2F)CC1.